The number of carbonyl (C=O) groups excluding carboxylic acids is 1. The molecule has 1 aliphatic rings. The van der Waals surface area contributed by atoms with Crippen molar-refractivity contribution in [3.05, 3.63) is 34.9 Å². The average Bonchev–Trinajstić information content (AvgIpc) is 2.24. The minimum atomic E-state index is 0.114. The Morgan fingerprint density at radius 3 is 2.71 bits per heavy atom. The van der Waals surface area contributed by atoms with Gasteiger partial charge in [0.1, 0.15) is 0 Å². The predicted molar refractivity (Wildman–Crippen MR) is 77.4 cm³/mol. The van der Waals surface area contributed by atoms with Crippen molar-refractivity contribution in [2.75, 3.05) is 5.33 Å². The number of ketones is 1. The van der Waals surface area contributed by atoms with E-state index in [0.29, 0.717) is 12.2 Å². The van der Waals surface area contributed by atoms with Crippen LogP contribution in [0.15, 0.2) is 34.9 Å². The first kappa shape index (κ1) is 14.4. The summed E-state index contributed by atoms with van der Waals surface area (Å²) in [5, 5.41) is 0.865. The van der Waals surface area contributed by atoms with Gasteiger partial charge in [0.2, 0.25) is 0 Å². The Labute approximate surface area is 113 Å². The van der Waals surface area contributed by atoms with Crippen LogP contribution in [0.25, 0.3) is 0 Å². The van der Waals surface area contributed by atoms with Crippen molar-refractivity contribution in [3.8, 4) is 0 Å². The van der Waals surface area contributed by atoms with Gasteiger partial charge >= 0.3 is 0 Å². The van der Waals surface area contributed by atoms with E-state index in [2.05, 4.69) is 54.9 Å². The van der Waals surface area contributed by atoms with E-state index in [9.17, 15) is 4.79 Å². The highest BCUT2D eigenvalue weighted by Gasteiger charge is 2.30. The first-order valence-electron chi connectivity index (χ1n) is 6.04. The number of carbonyl (C=O) groups is 1. The monoisotopic (exact) mass is 296 g/mol. The Morgan fingerprint density at radius 2 is 2.12 bits per heavy atom. The summed E-state index contributed by atoms with van der Waals surface area (Å²) in [4.78, 5) is 11.7. The quantitative estimate of drug-likeness (QED) is 0.550. The second-order valence-corrected chi connectivity index (χ2v) is 5.93. The van der Waals surface area contributed by atoms with Crippen molar-refractivity contribution >= 4 is 21.7 Å². The number of hydrogen-bond acceptors (Lipinski definition) is 1. The molecule has 0 aromatic rings. The largest absolute Gasteiger partial charge is 0.295 e. The fourth-order valence-electron chi connectivity index (χ4n) is 2.16. The minimum absolute atomic E-state index is 0.114. The van der Waals surface area contributed by atoms with Crippen LogP contribution >= 0.6 is 15.9 Å². The fraction of sp³-hybridized carbons (Fsp3) is 0.533. The Kier molecular flexibility index (Phi) is 4.93. The van der Waals surface area contributed by atoms with Crippen LogP contribution in [-0.2, 0) is 4.79 Å². The van der Waals surface area contributed by atoms with Crippen LogP contribution in [0.2, 0.25) is 0 Å². The smallest absolute Gasteiger partial charge is 0.158 e. The highest BCUT2D eigenvalue weighted by molar-refractivity contribution is 9.09. The maximum atomic E-state index is 11.7. The Hall–Kier alpha value is -0.630. The van der Waals surface area contributed by atoms with Crippen molar-refractivity contribution < 1.29 is 4.79 Å². The van der Waals surface area contributed by atoms with Crippen molar-refractivity contribution in [1.29, 1.82) is 0 Å². The second-order valence-electron chi connectivity index (χ2n) is 5.28. The predicted octanol–water partition coefficient (Wildman–Crippen LogP) is 4.59. The Morgan fingerprint density at radius 1 is 1.47 bits per heavy atom. The SMILES string of the molecule is CC1=C(/C=C\C(C)=C\CBr)C(C)(C)CCC1=O. The lowest BCUT2D eigenvalue weighted by Gasteiger charge is -2.32. The van der Waals surface area contributed by atoms with Crippen molar-refractivity contribution in [2.24, 2.45) is 5.41 Å². The molecular weight excluding hydrogens is 276 g/mol. The number of allylic oxidation sites excluding steroid dienone is 6. The summed E-state index contributed by atoms with van der Waals surface area (Å²) in [6, 6.07) is 0. The lowest BCUT2D eigenvalue weighted by molar-refractivity contribution is -0.116. The van der Waals surface area contributed by atoms with E-state index in [-0.39, 0.29) is 5.41 Å². The molecule has 0 N–H and O–H groups in total. The van der Waals surface area contributed by atoms with Crippen LogP contribution < -0.4 is 0 Å². The summed E-state index contributed by atoms with van der Waals surface area (Å²) >= 11 is 3.38. The third kappa shape index (κ3) is 3.67. The van der Waals surface area contributed by atoms with Crippen LogP contribution in [0.4, 0.5) is 0 Å². The molecule has 1 nitrogen and oxygen atoms in total. The highest BCUT2D eigenvalue weighted by atomic mass is 79.9. The molecule has 0 fully saturated rings. The molecule has 0 saturated heterocycles. The Balaban J connectivity index is 3.04. The zero-order chi connectivity index (χ0) is 13.1. The molecule has 1 rings (SSSR count). The summed E-state index contributed by atoms with van der Waals surface area (Å²) < 4.78 is 0. The molecule has 0 bridgehead atoms. The number of hydrogen-bond donors (Lipinski definition) is 0. The third-order valence-corrected chi connectivity index (χ3v) is 3.76. The number of rotatable bonds is 3. The summed E-state index contributed by atoms with van der Waals surface area (Å²) in [5.41, 5.74) is 3.46. The van der Waals surface area contributed by atoms with Gasteiger partial charge < -0.3 is 0 Å². The van der Waals surface area contributed by atoms with Crippen molar-refractivity contribution in [1.82, 2.24) is 0 Å². The minimum Gasteiger partial charge on any atom is -0.295 e. The van der Waals surface area contributed by atoms with Crippen LogP contribution in [0.1, 0.15) is 40.5 Å². The molecule has 0 saturated carbocycles. The lowest BCUT2D eigenvalue weighted by atomic mass is 9.72. The van der Waals surface area contributed by atoms with Gasteiger partial charge in [-0.3, -0.25) is 4.79 Å². The zero-order valence-corrected chi connectivity index (χ0v) is 12.7. The van der Waals surface area contributed by atoms with E-state index in [4.69, 9.17) is 0 Å². The van der Waals surface area contributed by atoms with Crippen LogP contribution in [-0.4, -0.2) is 11.1 Å². The summed E-state index contributed by atoms with van der Waals surface area (Å²) in [7, 11) is 0. The van der Waals surface area contributed by atoms with E-state index in [1.54, 1.807) is 0 Å². The molecule has 94 valence electrons. The molecule has 0 aromatic carbocycles. The average molecular weight is 297 g/mol. The molecule has 0 radical (unpaired) electrons. The standard InChI is InChI=1S/C15H21BrO/c1-11(8-10-16)5-6-13-12(2)14(17)7-9-15(13,3)4/h5-6,8H,7,9-10H2,1-4H3/b6-5-,11-8+. The van der Waals surface area contributed by atoms with Crippen LogP contribution in [0, 0.1) is 5.41 Å². The highest BCUT2D eigenvalue weighted by Crippen LogP contribution is 2.39. The number of halogens is 1. The topological polar surface area (TPSA) is 17.1 Å². The second kappa shape index (κ2) is 5.81. The maximum absolute atomic E-state index is 11.7. The van der Waals surface area contributed by atoms with Gasteiger partial charge in [0.05, 0.1) is 0 Å². The molecule has 1 aliphatic carbocycles. The van der Waals surface area contributed by atoms with Crippen LogP contribution in [0.5, 0.6) is 0 Å². The summed E-state index contributed by atoms with van der Waals surface area (Å²) in [5.74, 6) is 0.297. The van der Waals surface area contributed by atoms with Gasteiger partial charge in [-0.25, -0.2) is 0 Å². The molecule has 2 heteroatoms. The summed E-state index contributed by atoms with van der Waals surface area (Å²) in [6.45, 7) is 8.45. The molecule has 17 heavy (non-hydrogen) atoms. The molecule has 0 spiro atoms. The van der Waals surface area contributed by atoms with Gasteiger partial charge in [0.15, 0.2) is 5.78 Å². The number of alkyl halides is 1. The fourth-order valence-corrected chi connectivity index (χ4v) is 2.67. The molecule has 0 heterocycles. The third-order valence-electron chi connectivity index (χ3n) is 3.44. The summed E-state index contributed by atoms with van der Waals surface area (Å²) in [6.07, 6.45) is 7.96. The van der Waals surface area contributed by atoms with Gasteiger partial charge in [0, 0.05) is 11.8 Å². The number of Topliss-reactive ketones (excluding diaryl/α,β-unsaturated/α-hetero) is 1. The van der Waals surface area contributed by atoms with Crippen molar-refractivity contribution in [3.63, 3.8) is 0 Å². The normalized spacial score (nSPS) is 21.5. The maximum Gasteiger partial charge on any atom is 0.158 e. The molecule has 0 aromatic heterocycles. The molecule has 0 aliphatic heterocycles. The van der Waals surface area contributed by atoms with E-state index in [0.717, 1.165) is 17.3 Å². The first-order valence-corrected chi connectivity index (χ1v) is 7.16. The van der Waals surface area contributed by atoms with E-state index in [1.807, 2.05) is 6.92 Å². The van der Waals surface area contributed by atoms with Gasteiger partial charge in [-0.15, -0.1) is 0 Å². The van der Waals surface area contributed by atoms with Gasteiger partial charge in [-0.05, 0) is 36.8 Å². The van der Waals surface area contributed by atoms with E-state index < -0.39 is 0 Å². The van der Waals surface area contributed by atoms with Gasteiger partial charge in [-0.1, -0.05) is 53.6 Å². The lowest BCUT2D eigenvalue weighted by Crippen LogP contribution is -2.24. The Bertz CT molecular complexity index is 397. The molecule has 0 amide bonds. The van der Waals surface area contributed by atoms with E-state index >= 15 is 0 Å². The first-order chi connectivity index (χ1) is 7.88. The molecule has 0 unspecified atom stereocenters. The van der Waals surface area contributed by atoms with Gasteiger partial charge in [-0.2, -0.15) is 0 Å². The molecule has 0 atom stereocenters. The van der Waals surface area contributed by atoms with E-state index in [1.165, 1.54) is 11.1 Å². The molecular formula is C15H21BrO. The van der Waals surface area contributed by atoms with Crippen molar-refractivity contribution in [2.45, 2.75) is 40.5 Å². The van der Waals surface area contributed by atoms with Crippen LogP contribution in [0.3, 0.4) is 0 Å². The zero-order valence-electron chi connectivity index (χ0n) is 11.1. The van der Waals surface area contributed by atoms with Gasteiger partial charge in [0.25, 0.3) is 0 Å².